The Hall–Kier alpha value is -2.24. The van der Waals surface area contributed by atoms with Gasteiger partial charge in [0.2, 0.25) is 5.16 Å². The summed E-state index contributed by atoms with van der Waals surface area (Å²) in [7, 11) is 0. The van der Waals surface area contributed by atoms with E-state index in [9.17, 15) is 5.26 Å². The van der Waals surface area contributed by atoms with Gasteiger partial charge in [-0.05, 0) is 18.1 Å². The minimum atomic E-state index is 0.485. The molecule has 3 aromatic rings. The summed E-state index contributed by atoms with van der Waals surface area (Å²) in [6.45, 7) is 0.594. The van der Waals surface area contributed by atoms with Gasteiger partial charge in [-0.25, -0.2) is 4.98 Å². The normalized spacial score (nSPS) is 10.7. The lowest BCUT2D eigenvalue weighted by atomic mass is 10.2. The third-order valence-corrected chi connectivity index (χ3v) is 4.45. The topological polar surface area (TPSA) is 78.9 Å². The smallest absolute Gasteiger partial charge is 0.256 e. The van der Waals surface area contributed by atoms with Crippen LogP contribution in [0.3, 0.4) is 0 Å². The molecule has 0 aliphatic rings. The van der Waals surface area contributed by atoms with Crippen LogP contribution >= 0.6 is 23.5 Å². The molecule has 6 nitrogen and oxygen atoms in total. The van der Waals surface area contributed by atoms with Gasteiger partial charge in [-0.2, -0.15) is 14.8 Å². The second-order valence-electron chi connectivity index (χ2n) is 4.61. The fraction of sp³-hybridized carbons (Fsp3) is 0.200. The molecule has 3 rings (SSSR count). The maximum atomic E-state index is 9.54. The third-order valence-electron chi connectivity index (χ3n) is 3.23. The predicted octanol–water partition coefficient (Wildman–Crippen LogP) is 3.05. The summed E-state index contributed by atoms with van der Waals surface area (Å²) in [6, 6.07) is 12.2. The molecule has 0 unspecified atom stereocenters. The zero-order chi connectivity index (χ0) is 16.2. The number of nitriles is 1. The van der Waals surface area contributed by atoms with Crippen LogP contribution in [0.5, 0.6) is 0 Å². The van der Waals surface area contributed by atoms with Crippen LogP contribution in [-0.4, -0.2) is 32.1 Å². The largest absolute Gasteiger partial charge is 0.365 e. The highest BCUT2D eigenvalue weighted by Crippen LogP contribution is 2.26. The summed E-state index contributed by atoms with van der Waals surface area (Å²) < 4.78 is 1.60. The van der Waals surface area contributed by atoms with Crippen molar-refractivity contribution in [2.45, 2.75) is 16.7 Å². The number of rotatable bonds is 5. The van der Waals surface area contributed by atoms with Crippen molar-refractivity contribution in [1.82, 2.24) is 19.6 Å². The van der Waals surface area contributed by atoms with Gasteiger partial charge in [0.1, 0.15) is 16.7 Å². The molecule has 2 aromatic heterocycles. The summed E-state index contributed by atoms with van der Waals surface area (Å²) in [6.07, 6.45) is 3.80. The molecule has 0 radical (unpaired) electrons. The van der Waals surface area contributed by atoms with E-state index in [1.54, 1.807) is 4.52 Å². The van der Waals surface area contributed by atoms with Crippen LogP contribution in [0.2, 0.25) is 0 Å². The van der Waals surface area contributed by atoms with Crippen LogP contribution in [-0.2, 0) is 6.54 Å². The Bertz CT molecular complexity index is 869. The average Bonchev–Trinajstić information content (AvgIpc) is 3.02. The van der Waals surface area contributed by atoms with E-state index in [1.165, 1.54) is 23.5 Å². The van der Waals surface area contributed by atoms with Gasteiger partial charge >= 0.3 is 0 Å². The van der Waals surface area contributed by atoms with E-state index in [1.807, 2.05) is 42.8 Å². The molecule has 0 aliphatic heterocycles. The molecule has 0 atom stereocenters. The number of hydrogen-bond donors (Lipinski definition) is 1. The summed E-state index contributed by atoms with van der Waals surface area (Å²) in [5, 5.41) is 18.5. The fourth-order valence-electron chi connectivity index (χ4n) is 2.14. The molecule has 8 heteroatoms. The number of thioether (sulfide) groups is 2. The Labute approximate surface area is 142 Å². The SMILES string of the molecule is CSc1nc2nc(SC)c(C#N)c(NCc3ccccc3)n2n1. The quantitative estimate of drug-likeness (QED) is 0.564. The van der Waals surface area contributed by atoms with Gasteiger partial charge in [0.25, 0.3) is 5.78 Å². The number of hydrogen-bond acceptors (Lipinski definition) is 7. The highest BCUT2D eigenvalue weighted by molar-refractivity contribution is 7.98. The minimum absolute atomic E-state index is 0.485. The number of benzene rings is 1. The summed E-state index contributed by atoms with van der Waals surface area (Å²) in [5.41, 5.74) is 1.61. The van der Waals surface area contributed by atoms with Gasteiger partial charge in [0.15, 0.2) is 5.82 Å². The molecule has 0 saturated carbocycles. The molecule has 1 N–H and O–H groups in total. The number of anilines is 1. The first kappa shape index (κ1) is 15.6. The molecule has 0 aliphatic carbocycles. The first-order chi connectivity index (χ1) is 11.3. The molecular weight excluding hydrogens is 328 g/mol. The van der Waals surface area contributed by atoms with E-state index in [0.717, 1.165) is 5.56 Å². The van der Waals surface area contributed by atoms with Crippen LogP contribution in [0.1, 0.15) is 11.1 Å². The maximum absolute atomic E-state index is 9.54. The molecule has 0 spiro atoms. The lowest BCUT2D eigenvalue weighted by Gasteiger charge is -2.11. The Morgan fingerprint density at radius 1 is 1.17 bits per heavy atom. The van der Waals surface area contributed by atoms with Crippen LogP contribution in [0.4, 0.5) is 5.82 Å². The van der Waals surface area contributed by atoms with Gasteiger partial charge in [0.05, 0.1) is 0 Å². The summed E-state index contributed by atoms with van der Waals surface area (Å²) in [5.74, 6) is 1.12. The van der Waals surface area contributed by atoms with Gasteiger partial charge in [-0.3, -0.25) is 0 Å². The number of aromatic nitrogens is 4. The molecule has 0 saturated heterocycles. The van der Waals surface area contributed by atoms with E-state index < -0.39 is 0 Å². The van der Waals surface area contributed by atoms with Crippen molar-refractivity contribution in [2.75, 3.05) is 17.8 Å². The van der Waals surface area contributed by atoms with Gasteiger partial charge in [-0.1, -0.05) is 42.1 Å². The lowest BCUT2D eigenvalue weighted by molar-refractivity contribution is 0.860. The monoisotopic (exact) mass is 342 g/mol. The van der Waals surface area contributed by atoms with E-state index in [0.29, 0.717) is 33.9 Å². The summed E-state index contributed by atoms with van der Waals surface area (Å²) >= 11 is 2.87. The standard InChI is InChI=1S/C15H14N6S2/c1-22-13-11(8-16)12(17-9-10-6-4-3-5-7-10)21-14(18-13)19-15(20-21)23-2/h3-7,17H,9H2,1-2H3. The van der Waals surface area contributed by atoms with E-state index >= 15 is 0 Å². The van der Waals surface area contributed by atoms with Crippen LogP contribution in [0, 0.1) is 11.3 Å². The fourth-order valence-corrected chi connectivity index (χ4v) is 3.00. The van der Waals surface area contributed by atoms with Crippen molar-refractivity contribution >= 4 is 35.1 Å². The molecule has 0 amide bonds. The Kier molecular flexibility index (Phi) is 4.69. The lowest BCUT2D eigenvalue weighted by Crippen LogP contribution is -2.10. The van der Waals surface area contributed by atoms with Crippen molar-refractivity contribution < 1.29 is 0 Å². The number of nitrogens with one attached hydrogen (secondary N) is 1. The predicted molar refractivity (Wildman–Crippen MR) is 92.8 cm³/mol. The molecule has 23 heavy (non-hydrogen) atoms. The highest BCUT2D eigenvalue weighted by Gasteiger charge is 2.17. The van der Waals surface area contributed by atoms with Crippen LogP contribution < -0.4 is 5.32 Å². The number of fused-ring (bicyclic) bond motifs is 1. The Morgan fingerprint density at radius 2 is 1.96 bits per heavy atom. The molecule has 0 bridgehead atoms. The van der Waals surface area contributed by atoms with Crippen molar-refractivity contribution in [3.8, 4) is 6.07 Å². The third kappa shape index (κ3) is 3.11. The first-order valence-corrected chi connectivity index (χ1v) is 9.28. The molecule has 2 heterocycles. The van der Waals surface area contributed by atoms with Crippen molar-refractivity contribution in [1.29, 1.82) is 5.26 Å². The van der Waals surface area contributed by atoms with Crippen LogP contribution in [0.25, 0.3) is 5.78 Å². The average molecular weight is 342 g/mol. The van der Waals surface area contributed by atoms with Crippen molar-refractivity contribution in [3.05, 3.63) is 41.5 Å². The zero-order valence-electron chi connectivity index (χ0n) is 12.6. The number of nitrogens with zero attached hydrogens (tertiary/aromatic N) is 5. The molecule has 116 valence electrons. The van der Waals surface area contributed by atoms with Crippen molar-refractivity contribution in [3.63, 3.8) is 0 Å². The Morgan fingerprint density at radius 3 is 2.61 bits per heavy atom. The van der Waals surface area contributed by atoms with E-state index in [-0.39, 0.29) is 0 Å². The highest BCUT2D eigenvalue weighted by atomic mass is 32.2. The zero-order valence-corrected chi connectivity index (χ0v) is 14.3. The summed E-state index contributed by atoms with van der Waals surface area (Å²) in [4.78, 5) is 8.80. The first-order valence-electron chi connectivity index (χ1n) is 6.83. The van der Waals surface area contributed by atoms with Crippen molar-refractivity contribution in [2.24, 2.45) is 0 Å². The minimum Gasteiger partial charge on any atom is -0.365 e. The van der Waals surface area contributed by atoms with E-state index in [4.69, 9.17) is 0 Å². The Balaban J connectivity index is 2.08. The molecule has 1 aromatic carbocycles. The molecular formula is C15H14N6S2. The maximum Gasteiger partial charge on any atom is 0.256 e. The second kappa shape index (κ2) is 6.89. The second-order valence-corrected chi connectivity index (χ2v) is 6.17. The van der Waals surface area contributed by atoms with Crippen LogP contribution in [0.15, 0.2) is 40.5 Å². The van der Waals surface area contributed by atoms with Gasteiger partial charge < -0.3 is 5.32 Å². The molecule has 0 fully saturated rings. The van der Waals surface area contributed by atoms with Gasteiger partial charge in [-0.15, -0.1) is 16.9 Å². The van der Waals surface area contributed by atoms with E-state index in [2.05, 4.69) is 26.5 Å². The van der Waals surface area contributed by atoms with Gasteiger partial charge in [0, 0.05) is 6.54 Å².